The molecule has 142 valence electrons. The van der Waals surface area contributed by atoms with Crippen molar-refractivity contribution in [3.8, 4) is 33.9 Å². The zero-order valence-electron chi connectivity index (χ0n) is 15.5. The summed E-state index contributed by atoms with van der Waals surface area (Å²) in [5.74, 6) is 0.654. The highest BCUT2D eigenvalue weighted by molar-refractivity contribution is 5.97. The first-order chi connectivity index (χ1) is 14.9. The summed E-state index contributed by atoms with van der Waals surface area (Å²) in [7, 11) is 0. The molecular formula is C21H13N9. The first-order valence-corrected chi connectivity index (χ1v) is 9.21. The third kappa shape index (κ3) is 2.60. The highest BCUT2D eigenvalue weighted by atomic mass is 15.1. The molecule has 0 saturated heterocycles. The van der Waals surface area contributed by atoms with Gasteiger partial charge in [0.1, 0.15) is 12.0 Å². The van der Waals surface area contributed by atoms with E-state index in [1.54, 1.807) is 37.2 Å². The molecule has 9 nitrogen and oxygen atoms in total. The number of nitrogens with zero attached hydrogens (tertiary/aromatic N) is 7. The second-order valence-corrected chi connectivity index (χ2v) is 6.72. The Morgan fingerprint density at radius 3 is 2.50 bits per heavy atom. The average Bonchev–Trinajstić information content (AvgIpc) is 3.43. The van der Waals surface area contributed by atoms with E-state index in [0.717, 1.165) is 44.3 Å². The van der Waals surface area contributed by atoms with Crippen molar-refractivity contribution in [2.45, 2.75) is 0 Å². The second-order valence-electron chi connectivity index (χ2n) is 6.72. The number of rotatable bonds is 3. The minimum absolute atomic E-state index is 0.654. The van der Waals surface area contributed by atoms with Gasteiger partial charge in [0.05, 0.1) is 34.6 Å². The lowest BCUT2D eigenvalue weighted by atomic mass is 10.1. The van der Waals surface area contributed by atoms with Gasteiger partial charge in [-0.25, -0.2) is 15.0 Å². The van der Waals surface area contributed by atoms with E-state index >= 15 is 0 Å². The number of aromatic amines is 2. The highest BCUT2D eigenvalue weighted by Gasteiger charge is 2.16. The van der Waals surface area contributed by atoms with E-state index in [2.05, 4.69) is 40.1 Å². The Balaban J connectivity index is 1.52. The van der Waals surface area contributed by atoms with Crippen LogP contribution in [-0.2, 0) is 0 Å². The summed E-state index contributed by atoms with van der Waals surface area (Å²) >= 11 is 0. The molecule has 0 atom stereocenters. The summed E-state index contributed by atoms with van der Waals surface area (Å²) in [6.45, 7) is 0. The molecule has 0 saturated carbocycles. The van der Waals surface area contributed by atoms with E-state index in [1.165, 1.54) is 6.33 Å². The summed E-state index contributed by atoms with van der Waals surface area (Å²) in [4.78, 5) is 29.3. The Morgan fingerprint density at radius 1 is 0.767 bits per heavy atom. The van der Waals surface area contributed by atoms with Crippen LogP contribution in [0.4, 0.5) is 0 Å². The van der Waals surface area contributed by atoms with Crippen LogP contribution in [0.5, 0.6) is 0 Å². The summed E-state index contributed by atoms with van der Waals surface area (Å²) in [5.41, 5.74) is 6.72. The standard InChI is InChI=1S/C21H13N9/c1-3-22-4-2-12(1)15-8-23-9-18-19(15)28-21(27-18)20-14-5-16(13-6-24-11-25-7-13)26-10-17(14)29-30-20/h1-11H,(H,27,28)(H,29,30). The third-order valence-electron chi connectivity index (χ3n) is 4.91. The summed E-state index contributed by atoms with van der Waals surface area (Å²) in [6.07, 6.45) is 13.8. The fourth-order valence-electron chi connectivity index (χ4n) is 3.47. The molecule has 6 aromatic heterocycles. The topological polar surface area (TPSA) is 122 Å². The molecule has 0 amide bonds. The maximum Gasteiger partial charge on any atom is 0.159 e. The van der Waals surface area contributed by atoms with E-state index < -0.39 is 0 Å². The Bertz CT molecular complexity index is 1490. The number of hydrogen-bond donors (Lipinski definition) is 2. The van der Waals surface area contributed by atoms with Gasteiger partial charge in [-0.2, -0.15) is 5.10 Å². The zero-order chi connectivity index (χ0) is 19.9. The zero-order valence-corrected chi connectivity index (χ0v) is 15.5. The van der Waals surface area contributed by atoms with Gasteiger partial charge in [-0.15, -0.1) is 0 Å². The van der Waals surface area contributed by atoms with Crippen LogP contribution in [0.15, 0.2) is 67.9 Å². The van der Waals surface area contributed by atoms with Crippen molar-refractivity contribution in [3.05, 3.63) is 67.9 Å². The van der Waals surface area contributed by atoms with Gasteiger partial charge in [-0.05, 0) is 23.8 Å². The lowest BCUT2D eigenvalue weighted by Gasteiger charge is -2.00. The number of imidazole rings is 1. The first-order valence-electron chi connectivity index (χ1n) is 9.21. The van der Waals surface area contributed by atoms with E-state index in [4.69, 9.17) is 4.98 Å². The van der Waals surface area contributed by atoms with Crippen molar-refractivity contribution in [1.82, 2.24) is 45.1 Å². The van der Waals surface area contributed by atoms with Crippen LogP contribution in [-0.4, -0.2) is 45.1 Å². The monoisotopic (exact) mass is 391 g/mol. The molecule has 2 N–H and O–H groups in total. The van der Waals surface area contributed by atoms with Crippen LogP contribution in [0.2, 0.25) is 0 Å². The Morgan fingerprint density at radius 2 is 1.63 bits per heavy atom. The van der Waals surface area contributed by atoms with Crippen LogP contribution in [0.3, 0.4) is 0 Å². The Hall–Kier alpha value is -4.53. The number of aromatic nitrogens is 9. The van der Waals surface area contributed by atoms with Crippen LogP contribution < -0.4 is 0 Å². The van der Waals surface area contributed by atoms with E-state index in [9.17, 15) is 0 Å². The van der Waals surface area contributed by atoms with Gasteiger partial charge in [-0.3, -0.25) is 20.1 Å². The molecule has 0 spiro atoms. The number of fused-ring (bicyclic) bond motifs is 2. The Kier molecular flexibility index (Phi) is 3.57. The maximum absolute atomic E-state index is 4.84. The fraction of sp³-hybridized carbons (Fsp3) is 0. The van der Waals surface area contributed by atoms with Crippen molar-refractivity contribution in [1.29, 1.82) is 0 Å². The summed E-state index contributed by atoms with van der Waals surface area (Å²) < 4.78 is 0. The number of nitrogens with one attached hydrogen (secondary N) is 2. The van der Waals surface area contributed by atoms with Crippen LogP contribution in [0.1, 0.15) is 0 Å². The number of H-pyrrole nitrogens is 2. The lowest BCUT2D eigenvalue weighted by Crippen LogP contribution is -1.87. The quantitative estimate of drug-likeness (QED) is 0.474. The minimum Gasteiger partial charge on any atom is -0.335 e. The molecule has 0 fully saturated rings. The molecule has 0 aromatic carbocycles. The SMILES string of the molecule is c1cc(-c2cncc3[nH]c(-c4n[nH]c5cnc(-c6cncnc6)cc45)nc23)ccn1. The lowest BCUT2D eigenvalue weighted by molar-refractivity contribution is 1.10. The molecule has 0 unspecified atom stereocenters. The molecule has 0 aliphatic rings. The molecule has 0 bridgehead atoms. The predicted molar refractivity (Wildman–Crippen MR) is 111 cm³/mol. The van der Waals surface area contributed by atoms with Crippen LogP contribution in [0.25, 0.3) is 55.8 Å². The second kappa shape index (κ2) is 6.52. The van der Waals surface area contributed by atoms with Crippen molar-refractivity contribution in [2.24, 2.45) is 0 Å². The highest BCUT2D eigenvalue weighted by Crippen LogP contribution is 2.31. The van der Waals surface area contributed by atoms with Crippen molar-refractivity contribution < 1.29 is 0 Å². The fourth-order valence-corrected chi connectivity index (χ4v) is 3.47. The normalized spacial score (nSPS) is 11.3. The summed E-state index contributed by atoms with van der Waals surface area (Å²) in [5, 5.41) is 8.41. The van der Waals surface area contributed by atoms with Crippen molar-refractivity contribution >= 4 is 21.9 Å². The molecule has 0 aliphatic carbocycles. The van der Waals surface area contributed by atoms with E-state index in [1.807, 2.05) is 24.4 Å². The molecule has 6 rings (SSSR count). The van der Waals surface area contributed by atoms with Gasteiger partial charge in [0, 0.05) is 47.5 Å². The van der Waals surface area contributed by atoms with Gasteiger partial charge in [-0.1, -0.05) is 0 Å². The number of hydrogen-bond acceptors (Lipinski definition) is 7. The Labute approximate surface area is 169 Å². The average molecular weight is 391 g/mol. The summed E-state index contributed by atoms with van der Waals surface area (Å²) in [6, 6.07) is 5.84. The largest absolute Gasteiger partial charge is 0.335 e. The number of pyridine rings is 3. The van der Waals surface area contributed by atoms with Crippen molar-refractivity contribution in [3.63, 3.8) is 0 Å². The molecule has 0 aliphatic heterocycles. The molecule has 9 heteroatoms. The van der Waals surface area contributed by atoms with E-state index in [-0.39, 0.29) is 0 Å². The van der Waals surface area contributed by atoms with Gasteiger partial charge in [0.15, 0.2) is 5.82 Å². The minimum atomic E-state index is 0.654. The maximum atomic E-state index is 4.84. The molecule has 6 heterocycles. The molecule has 6 aromatic rings. The van der Waals surface area contributed by atoms with Gasteiger partial charge >= 0.3 is 0 Å². The van der Waals surface area contributed by atoms with Gasteiger partial charge in [0.25, 0.3) is 0 Å². The molecule has 30 heavy (non-hydrogen) atoms. The first kappa shape index (κ1) is 16.4. The van der Waals surface area contributed by atoms with Crippen LogP contribution in [0, 0.1) is 0 Å². The smallest absolute Gasteiger partial charge is 0.159 e. The predicted octanol–water partition coefficient (Wildman–Crippen LogP) is 3.42. The van der Waals surface area contributed by atoms with Crippen molar-refractivity contribution in [2.75, 3.05) is 0 Å². The van der Waals surface area contributed by atoms with Crippen LogP contribution >= 0.6 is 0 Å². The van der Waals surface area contributed by atoms with Gasteiger partial charge in [0.2, 0.25) is 0 Å². The van der Waals surface area contributed by atoms with E-state index in [0.29, 0.717) is 11.5 Å². The molecule has 0 radical (unpaired) electrons. The van der Waals surface area contributed by atoms with Gasteiger partial charge < -0.3 is 4.98 Å². The molecular weight excluding hydrogens is 378 g/mol. The third-order valence-corrected chi connectivity index (χ3v) is 4.91.